The highest BCUT2D eigenvalue weighted by atomic mass is 32.2. The van der Waals surface area contributed by atoms with E-state index in [1.807, 2.05) is 6.07 Å². The van der Waals surface area contributed by atoms with Crippen molar-refractivity contribution in [3.8, 4) is 17.2 Å². The van der Waals surface area contributed by atoms with Crippen molar-refractivity contribution in [2.45, 2.75) is 31.1 Å². The van der Waals surface area contributed by atoms with Gasteiger partial charge >= 0.3 is 0 Å². The fourth-order valence-corrected chi connectivity index (χ4v) is 4.82. The van der Waals surface area contributed by atoms with E-state index in [0.29, 0.717) is 35.2 Å². The SMILES string of the molecule is COc1cccc(OC)c1-n1c(NS(=O)(=O)[C@@H](C)c2ccccc2)nnc1[C@H]1CCCO1. The second kappa shape index (κ2) is 9.17. The van der Waals surface area contributed by atoms with Crippen molar-refractivity contribution in [1.29, 1.82) is 0 Å². The molecular weight excluding hydrogens is 432 g/mol. The van der Waals surface area contributed by atoms with E-state index >= 15 is 0 Å². The minimum atomic E-state index is -3.84. The molecule has 2 aromatic carbocycles. The third-order valence-electron chi connectivity index (χ3n) is 5.50. The van der Waals surface area contributed by atoms with Crippen molar-refractivity contribution in [3.05, 3.63) is 59.9 Å². The smallest absolute Gasteiger partial charge is 0.243 e. The number of hydrogen-bond donors (Lipinski definition) is 1. The average Bonchev–Trinajstić information content (AvgIpc) is 3.48. The zero-order chi connectivity index (χ0) is 22.7. The first-order valence-corrected chi connectivity index (χ1v) is 11.9. The number of aromatic nitrogens is 3. The van der Waals surface area contributed by atoms with Gasteiger partial charge in [0.25, 0.3) is 0 Å². The summed E-state index contributed by atoms with van der Waals surface area (Å²) in [7, 11) is -0.767. The minimum Gasteiger partial charge on any atom is -0.494 e. The highest BCUT2D eigenvalue weighted by molar-refractivity contribution is 7.92. The third-order valence-corrected chi connectivity index (χ3v) is 7.17. The summed E-state index contributed by atoms with van der Waals surface area (Å²) < 4.78 is 47.7. The van der Waals surface area contributed by atoms with Gasteiger partial charge in [-0.05, 0) is 37.5 Å². The Hall–Kier alpha value is -3.11. The number of anilines is 1. The van der Waals surface area contributed by atoms with Gasteiger partial charge in [-0.1, -0.05) is 36.4 Å². The molecule has 1 aliphatic heterocycles. The van der Waals surface area contributed by atoms with E-state index in [1.54, 1.807) is 54.0 Å². The second-order valence-electron chi connectivity index (χ2n) is 7.43. The number of benzene rings is 2. The van der Waals surface area contributed by atoms with E-state index in [9.17, 15) is 8.42 Å². The quantitative estimate of drug-likeness (QED) is 0.549. The molecule has 9 nitrogen and oxygen atoms in total. The van der Waals surface area contributed by atoms with Crippen LogP contribution in [0.15, 0.2) is 48.5 Å². The molecule has 0 bridgehead atoms. The van der Waals surface area contributed by atoms with Crippen molar-refractivity contribution in [2.24, 2.45) is 0 Å². The summed E-state index contributed by atoms with van der Waals surface area (Å²) in [4.78, 5) is 0. The van der Waals surface area contributed by atoms with Gasteiger partial charge in [0.15, 0.2) is 5.82 Å². The number of ether oxygens (including phenoxy) is 3. The molecule has 3 aromatic rings. The standard InChI is InChI=1S/C22H26N4O5S/c1-15(16-9-5-4-6-10-16)32(27,28)25-22-24-23-21(19-13-8-14-31-19)26(22)20-17(29-2)11-7-12-18(20)30-3/h4-7,9-12,15,19H,8,13-14H2,1-3H3,(H,24,25)/t15-,19+/m0/s1. The van der Waals surface area contributed by atoms with Crippen molar-refractivity contribution >= 4 is 16.0 Å². The fourth-order valence-electron chi connectivity index (χ4n) is 3.74. The Balaban J connectivity index is 1.83. The molecule has 4 rings (SSSR count). The molecule has 0 saturated carbocycles. The van der Waals surface area contributed by atoms with Gasteiger partial charge in [-0.2, -0.15) is 0 Å². The van der Waals surface area contributed by atoms with Crippen molar-refractivity contribution in [2.75, 3.05) is 25.5 Å². The molecule has 0 radical (unpaired) electrons. The van der Waals surface area contributed by atoms with Gasteiger partial charge < -0.3 is 14.2 Å². The third kappa shape index (κ3) is 4.15. The maximum Gasteiger partial charge on any atom is 0.243 e. The molecule has 0 unspecified atom stereocenters. The van der Waals surface area contributed by atoms with Gasteiger partial charge in [-0.25, -0.2) is 8.42 Å². The lowest BCUT2D eigenvalue weighted by Crippen LogP contribution is -2.22. The number of hydrogen-bond acceptors (Lipinski definition) is 7. The summed E-state index contributed by atoms with van der Waals surface area (Å²) in [5.74, 6) is 1.50. The van der Waals surface area contributed by atoms with E-state index in [-0.39, 0.29) is 12.1 Å². The molecule has 0 amide bonds. The van der Waals surface area contributed by atoms with Crippen LogP contribution in [0.25, 0.3) is 5.69 Å². The first kappa shape index (κ1) is 22.1. The van der Waals surface area contributed by atoms with Crippen LogP contribution in [0.4, 0.5) is 5.95 Å². The number of methoxy groups -OCH3 is 2. The second-order valence-corrected chi connectivity index (χ2v) is 9.43. The van der Waals surface area contributed by atoms with E-state index in [0.717, 1.165) is 12.8 Å². The Kier molecular flexibility index (Phi) is 6.33. The van der Waals surface area contributed by atoms with Crippen LogP contribution < -0.4 is 14.2 Å². The molecule has 0 spiro atoms. The number of nitrogens with one attached hydrogen (secondary N) is 1. The molecule has 1 aromatic heterocycles. The van der Waals surface area contributed by atoms with E-state index in [2.05, 4.69) is 14.9 Å². The van der Waals surface area contributed by atoms with Crippen LogP contribution >= 0.6 is 0 Å². The van der Waals surface area contributed by atoms with Gasteiger partial charge in [0.1, 0.15) is 28.5 Å². The molecule has 1 aliphatic rings. The average molecular weight is 459 g/mol. The molecule has 170 valence electrons. The Morgan fingerprint density at radius 1 is 1.06 bits per heavy atom. The largest absolute Gasteiger partial charge is 0.494 e. The van der Waals surface area contributed by atoms with Crippen LogP contribution in [0.1, 0.15) is 42.5 Å². The van der Waals surface area contributed by atoms with Crippen LogP contribution in [-0.2, 0) is 14.8 Å². The topological polar surface area (TPSA) is 105 Å². The van der Waals surface area contributed by atoms with Crippen LogP contribution in [0.3, 0.4) is 0 Å². The molecular formula is C22H26N4O5S. The zero-order valence-corrected chi connectivity index (χ0v) is 19.0. The minimum absolute atomic E-state index is 0.0427. The lowest BCUT2D eigenvalue weighted by molar-refractivity contribution is 0.103. The molecule has 1 fully saturated rings. The summed E-state index contributed by atoms with van der Waals surface area (Å²) in [5.41, 5.74) is 1.17. The molecule has 1 saturated heterocycles. The first-order valence-electron chi connectivity index (χ1n) is 10.3. The van der Waals surface area contributed by atoms with Gasteiger partial charge in [0, 0.05) is 6.61 Å². The van der Waals surface area contributed by atoms with Crippen LogP contribution in [0, 0.1) is 0 Å². The molecule has 32 heavy (non-hydrogen) atoms. The van der Waals surface area contributed by atoms with Crippen molar-refractivity contribution < 1.29 is 22.6 Å². The lowest BCUT2D eigenvalue weighted by atomic mass is 10.2. The van der Waals surface area contributed by atoms with Gasteiger partial charge in [0.05, 0.1) is 14.2 Å². The van der Waals surface area contributed by atoms with Crippen molar-refractivity contribution in [3.63, 3.8) is 0 Å². The Labute approximate surface area is 187 Å². The van der Waals surface area contributed by atoms with Gasteiger partial charge in [0.2, 0.25) is 16.0 Å². The maximum atomic E-state index is 13.2. The predicted octanol–water partition coefficient (Wildman–Crippen LogP) is 3.64. The highest BCUT2D eigenvalue weighted by Gasteiger charge is 2.32. The van der Waals surface area contributed by atoms with E-state index in [1.165, 1.54) is 14.2 Å². The Bertz CT molecular complexity index is 1150. The molecule has 10 heteroatoms. The summed E-state index contributed by atoms with van der Waals surface area (Å²) >= 11 is 0. The van der Waals surface area contributed by atoms with Gasteiger partial charge in [-0.3, -0.25) is 9.29 Å². The Morgan fingerprint density at radius 3 is 2.34 bits per heavy atom. The molecule has 2 atom stereocenters. The lowest BCUT2D eigenvalue weighted by Gasteiger charge is -2.20. The van der Waals surface area contributed by atoms with Crippen LogP contribution in [0.2, 0.25) is 0 Å². The summed E-state index contributed by atoms with van der Waals surface area (Å²) in [6.45, 7) is 2.23. The first-order chi connectivity index (χ1) is 15.5. The van der Waals surface area contributed by atoms with E-state index in [4.69, 9.17) is 14.2 Å². The Morgan fingerprint density at radius 2 is 1.75 bits per heavy atom. The fraction of sp³-hybridized carbons (Fsp3) is 0.364. The maximum absolute atomic E-state index is 13.2. The van der Waals surface area contributed by atoms with E-state index < -0.39 is 15.3 Å². The number of nitrogens with zero attached hydrogens (tertiary/aromatic N) is 3. The monoisotopic (exact) mass is 458 g/mol. The summed E-state index contributed by atoms with van der Waals surface area (Å²) in [6.07, 6.45) is 1.32. The predicted molar refractivity (Wildman–Crippen MR) is 120 cm³/mol. The number of para-hydroxylation sites is 1. The van der Waals surface area contributed by atoms with Gasteiger partial charge in [-0.15, -0.1) is 10.2 Å². The number of sulfonamides is 1. The van der Waals surface area contributed by atoms with Crippen LogP contribution in [0.5, 0.6) is 11.5 Å². The zero-order valence-electron chi connectivity index (χ0n) is 18.2. The van der Waals surface area contributed by atoms with Crippen molar-refractivity contribution in [1.82, 2.24) is 14.8 Å². The van der Waals surface area contributed by atoms with Crippen LogP contribution in [-0.4, -0.2) is 44.0 Å². The summed E-state index contributed by atoms with van der Waals surface area (Å²) in [6, 6.07) is 14.3. The molecule has 0 aliphatic carbocycles. The normalized spacial score (nSPS) is 17.2. The molecule has 1 N–H and O–H groups in total. The highest BCUT2D eigenvalue weighted by Crippen LogP contribution is 2.39. The molecule has 2 heterocycles. The number of rotatable bonds is 8. The summed E-state index contributed by atoms with van der Waals surface area (Å²) in [5, 5.41) is 7.67.